The molecule has 0 radical (unpaired) electrons. The summed E-state index contributed by atoms with van der Waals surface area (Å²) in [6.07, 6.45) is 2.31. The summed E-state index contributed by atoms with van der Waals surface area (Å²) in [5.74, 6) is -6.13. The van der Waals surface area contributed by atoms with Gasteiger partial charge in [0, 0.05) is 18.5 Å². The van der Waals surface area contributed by atoms with Gasteiger partial charge in [-0.15, -0.1) is 0 Å². The number of ether oxygens (including phenoxy) is 1. The average Bonchev–Trinajstić information content (AvgIpc) is 2.83. The van der Waals surface area contributed by atoms with Crippen molar-refractivity contribution in [2.45, 2.75) is 0 Å². The predicted molar refractivity (Wildman–Crippen MR) is 58.5 cm³/mol. The fraction of sp³-hybridized carbons (Fsp3) is 0.0909. The number of nitrogens with two attached hydrogens (primary N) is 1. The van der Waals surface area contributed by atoms with Gasteiger partial charge in [-0.25, -0.2) is 13.8 Å². The molecule has 0 aliphatic carbocycles. The van der Waals surface area contributed by atoms with Crippen LogP contribution in [0.15, 0.2) is 18.5 Å². The van der Waals surface area contributed by atoms with E-state index >= 15 is 0 Å². The third kappa shape index (κ3) is 2.01. The van der Waals surface area contributed by atoms with Crippen LogP contribution in [0.1, 0.15) is 10.6 Å². The molecule has 5 nitrogen and oxygen atoms in total. The molecule has 0 aliphatic heterocycles. The van der Waals surface area contributed by atoms with Crippen LogP contribution in [0.4, 0.5) is 13.2 Å². The summed E-state index contributed by atoms with van der Waals surface area (Å²) >= 11 is 0. The Kier molecular flexibility index (Phi) is 3.16. The number of carbonyl (C=O) groups is 1. The molecular weight excluding hydrogens is 263 g/mol. The Bertz CT molecular complexity index is 655. The van der Waals surface area contributed by atoms with Crippen LogP contribution in [-0.4, -0.2) is 22.6 Å². The molecule has 0 atom stereocenters. The van der Waals surface area contributed by atoms with Crippen molar-refractivity contribution in [3.05, 3.63) is 41.7 Å². The van der Waals surface area contributed by atoms with Crippen molar-refractivity contribution in [1.29, 1.82) is 0 Å². The van der Waals surface area contributed by atoms with E-state index < -0.39 is 34.8 Å². The smallest absolute Gasteiger partial charge is 0.285 e. The van der Waals surface area contributed by atoms with Gasteiger partial charge in [0.15, 0.2) is 17.4 Å². The highest BCUT2D eigenvalue weighted by Gasteiger charge is 2.22. The second-order valence-corrected chi connectivity index (χ2v) is 3.52. The van der Waals surface area contributed by atoms with E-state index in [4.69, 9.17) is 5.73 Å². The Hall–Kier alpha value is -2.51. The molecule has 100 valence electrons. The molecule has 0 spiro atoms. The number of hydrogen-bond acceptors (Lipinski definition) is 3. The number of amides is 1. The molecule has 0 bridgehead atoms. The number of imidazole rings is 1. The first-order valence-corrected chi connectivity index (χ1v) is 5.02. The number of halogens is 3. The first-order valence-electron chi connectivity index (χ1n) is 5.02. The van der Waals surface area contributed by atoms with Crippen LogP contribution in [0, 0.1) is 17.5 Å². The van der Waals surface area contributed by atoms with E-state index in [-0.39, 0.29) is 5.82 Å². The molecule has 0 fully saturated rings. The molecule has 2 rings (SSSR count). The van der Waals surface area contributed by atoms with Crippen molar-refractivity contribution < 1.29 is 22.7 Å². The molecule has 1 amide bonds. The molecular formula is C11H8F3N3O2. The minimum absolute atomic E-state index is 0.345. The fourth-order valence-electron chi connectivity index (χ4n) is 1.61. The van der Waals surface area contributed by atoms with Crippen LogP contribution in [0.5, 0.6) is 5.75 Å². The topological polar surface area (TPSA) is 70.1 Å². The highest BCUT2D eigenvalue weighted by molar-refractivity contribution is 5.89. The maximum atomic E-state index is 13.8. The second kappa shape index (κ2) is 4.63. The van der Waals surface area contributed by atoms with E-state index in [1.165, 1.54) is 0 Å². The van der Waals surface area contributed by atoms with Crippen molar-refractivity contribution in [2.75, 3.05) is 7.11 Å². The molecule has 19 heavy (non-hydrogen) atoms. The van der Waals surface area contributed by atoms with Crippen LogP contribution in [0.25, 0.3) is 5.69 Å². The van der Waals surface area contributed by atoms with Gasteiger partial charge in [0.1, 0.15) is 0 Å². The maximum Gasteiger partial charge on any atom is 0.285 e. The van der Waals surface area contributed by atoms with E-state index in [1.807, 2.05) is 0 Å². The lowest BCUT2D eigenvalue weighted by atomic mass is 10.2. The van der Waals surface area contributed by atoms with E-state index in [9.17, 15) is 18.0 Å². The largest absolute Gasteiger partial charge is 0.491 e. The first-order chi connectivity index (χ1) is 8.97. The zero-order valence-corrected chi connectivity index (χ0v) is 9.65. The lowest BCUT2D eigenvalue weighted by Gasteiger charge is -2.10. The Morgan fingerprint density at radius 2 is 2.05 bits per heavy atom. The second-order valence-electron chi connectivity index (χ2n) is 3.52. The summed E-state index contributed by atoms with van der Waals surface area (Å²) in [7, 11) is 1.01. The summed E-state index contributed by atoms with van der Waals surface area (Å²) in [4.78, 5) is 14.6. The molecule has 0 saturated carbocycles. The van der Waals surface area contributed by atoms with E-state index in [0.717, 1.165) is 24.1 Å². The van der Waals surface area contributed by atoms with Crippen molar-refractivity contribution >= 4 is 5.91 Å². The highest BCUT2D eigenvalue weighted by Crippen LogP contribution is 2.28. The highest BCUT2D eigenvalue weighted by atomic mass is 19.2. The molecule has 8 heteroatoms. The van der Waals surface area contributed by atoms with Gasteiger partial charge in [-0.1, -0.05) is 0 Å². The number of rotatable bonds is 3. The van der Waals surface area contributed by atoms with Crippen molar-refractivity contribution in [3.8, 4) is 11.4 Å². The van der Waals surface area contributed by atoms with Gasteiger partial charge in [-0.05, 0) is 0 Å². The van der Waals surface area contributed by atoms with Gasteiger partial charge in [-0.3, -0.25) is 9.36 Å². The van der Waals surface area contributed by atoms with Gasteiger partial charge in [-0.2, -0.15) is 4.39 Å². The lowest BCUT2D eigenvalue weighted by Crippen LogP contribution is -2.18. The molecule has 0 saturated heterocycles. The van der Waals surface area contributed by atoms with Crippen LogP contribution in [-0.2, 0) is 0 Å². The van der Waals surface area contributed by atoms with E-state index in [1.54, 1.807) is 0 Å². The Morgan fingerprint density at radius 1 is 1.37 bits per heavy atom. The standard InChI is InChI=1S/C11H8F3N3O2/c1-19-9-5(12)4-6(7(13)8(9)14)17-3-2-16-11(17)10(15)18/h2-4H,1H3,(H2,15,18). The van der Waals surface area contributed by atoms with Crippen LogP contribution < -0.4 is 10.5 Å². The minimum Gasteiger partial charge on any atom is -0.491 e. The Balaban J connectivity index is 2.70. The van der Waals surface area contributed by atoms with Gasteiger partial charge < -0.3 is 10.5 Å². The number of methoxy groups -OCH3 is 1. The predicted octanol–water partition coefficient (Wildman–Crippen LogP) is 1.40. The van der Waals surface area contributed by atoms with Crippen molar-refractivity contribution in [1.82, 2.24) is 9.55 Å². The molecule has 1 aromatic carbocycles. The number of carbonyl (C=O) groups excluding carboxylic acids is 1. The summed E-state index contributed by atoms with van der Waals surface area (Å²) in [6, 6.07) is 0.686. The number of aromatic nitrogens is 2. The van der Waals surface area contributed by atoms with Crippen LogP contribution in [0.3, 0.4) is 0 Å². The summed E-state index contributed by atoms with van der Waals surface area (Å²) in [5, 5.41) is 0. The number of benzene rings is 1. The molecule has 1 heterocycles. The summed E-state index contributed by atoms with van der Waals surface area (Å²) < 4.78 is 46.2. The van der Waals surface area contributed by atoms with Crippen LogP contribution >= 0.6 is 0 Å². The molecule has 2 N–H and O–H groups in total. The maximum absolute atomic E-state index is 13.8. The quantitative estimate of drug-likeness (QED) is 0.858. The molecule has 1 aromatic heterocycles. The Morgan fingerprint density at radius 3 is 2.63 bits per heavy atom. The third-order valence-corrected chi connectivity index (χ3v) is 2.42. The van der Waals surface area contributed by atoms with Gasteiger partial charge in [0.2, 0.25) is 11.6 Å². The zero-order valence-electron chi connectivity index (χ0n) is 9.65. The SMILES string of the molecule is COc1c(F)cc(-n2ccnc2C(N)=O)c(F)c1F. The van der Waals surface area contributed by atoms with Gasteiger partial charge in [0.05, 0.1) is 12.8 Å². The first kappa shape index (κ1) is 12.9. The zero-order chi connectivity index (χ0) is 14.2. The molecule has 2 aromatic rings. The van der Waals surface area contributed by atoms with Crippen molar-refractivity contribution in [3.63, 3.8) is 0 Å². The van der Waals surface area contributed by atoms with Crippen LogP contribution in [0.2, 0.25) is 0 Å². The van der Waals surface area contributed by atoms with E-state index in [2.05, 4.69) is 9.72 Å². The lowest BCUT2D eigenvalue weighted by molar-refractivity contribution is 0.0989. The van der Waals surface area contributed by atoms with Crippen molar-refractivity contribution in [2.24, 2.45) is 5.73 Å². The monoisotopic (exact) mass is 271 g/mol. The number of primary amides is 1. The minimum atomic E-state index is -1.50. The molecule has 0 aliphatic rings. The summed E-state index contributed by atoms with van der Waals surface area (Å²) in [5.41, 5.74) is 4.50. The van der Waals surface area contributed by atoms with E-state index in [0.29, 0.717) is 6.07 Å². The normalized spacial score (nSPS) is 10.5. The average molecular weight is 271 g/mol. The fourth-order valence-corrected chi connectivity index (χ4v) is 1.61. The van der Waals surface area contributed by atoms with Gasteiger partial charge in [0.25, 0.3) is 5.91 Å². The summed E-state index contributed by atoms with van der Waals surface area (Å²) in [6.45, 7) is 0. The number of hydrogen-bond donors (Lipinski definition) is 1. The number of nitrogens with zero attached hydrogens (tertiary/aromatic N) is 2. The molecule has 0 unspecified atom stereocenters. The third-order valence-electron chi connectivity index (χ3n) is 2.42. The Labute approximate surface area is 105 Å². The van der Waals surface area contributed by atoms with Gasteiger partial charge >= 0.3 is 0 Å².